The van der Waals surface area contributed by atoms with Crippen molar-refractivity contribution in [2.45, 2.75) is 18.0 Å². The molecule has 0 unspecified atom stereocenters. The van der Waals surface area contributed by atoms with Gasteiger partial charge in [-0.2, -0.15) is 0 Å². The Balaban J connectivity index is 1.84. The Morgan fingerprint density at radius 1 is 1.04 bits per heavy atom. The molecule has 3 rings (SSSR count). The first-order valence-corrected chi connectivity index (χ1v) is 9.35. The third-order valence-electron chi connectivity index (χ3n) is 5.30. The highest BCUT2D eigenvalue weighted by Gasteiger charge is 2.51. The molecule has 6 heteroatoms. The van der Waals surface area contributed by atoms with E-state index in [1.807, 2.05) is 48.5 Å². The van der Waals surface area contributed by atoms with Crippen LogP contribution in [-0.2, 0) is 9.53 Å². The van der Waals surface area contributed by atoms with Crippen molar-refractivity contribution in [2.75, 3.05) is 33.9 Å². The number of likely N-dealkylation sites (N-methyl/N-ethyl adjacent to an activating group) is 1. The summed E-state index contributed by atoms with van der Waals surface area (Å²) in [5, 5.41) is 9.93. The topological polar surface area (TPSA) is 70.1 Å². The fourth-order valence-electron chi connectivity index (χ4n) is 4.00. The number of hydrogen-bond acceptors (Lipinski definition) is 4. The summed E-state index contributed by atoms with van der Waals surface area (Å²) in [6.07, 6.45) is 0. The van der Waals surface area contributed by atoms with Crippen LogP contribution in [0.5, 0.6) is 0 Å². The van der Waals surface area contributed by atoms with Crippen molar-refractivity contribution in [2.24, 2.45) is 0 Å². The van der Waals surface area contributed by atoms with Crippen molar-refractivity contribution in [3.05, 3.63) is 71.8 Å². The summed E-state index contributed by atoms with van der Waals surface area (Å²) in [4.78, 5) is 28.7. The molecule has 148 valence electrons. The molecule has 1 aliphatic rings. The van der Waals surface area contributed by atoms with E-state index in [0.717, 1.165) is 5.56 Å². The summed E-state index contributed by atoms with van der Waals surface area (Å²) in [5.74, 6) is -0.323. The Bertz CT molecular complexity index is 797. The van der Waals surface area contributed by atoms with Gasteiger partial charge >= 0.3 is 0 Å². The molecule has 28 heavy (non-hydrogen) atoms. The first-order chi connectivity index (χ1) is 13.6. The van der Waals surface area contributed by atoms with Gasteiger partial charge in [-0.3, -0.25) is 9.59 Å². The molecule has 0 bridgehead atoms. The molecule has 2 amide bonds. The zero-order chi connectivity index (χ0) is 20.1. The second-order valence-corrected chi connectivity index (χ2v) is 7.04. The Hall–Kier alpha value is -2.70. The molecule has 1 aliphatic heterocycles. The van der Waals surface area contributed by atoms with Crippen LogP contribution in [0.25, 0.3) is 0 Å². The van der Waals surface area contributed by atoms with Gasteiger partial charge in [0, 0.05) is 32.2 Å². The number of ether oxygens (including phenoxy) is 1. The van der Waals surface area contributed by atoms with Gasteiger partial charge in [-0.15, -0.1) is 0 Å². The number of likely N-dealkylation sites (tertiary alicyclic amines) is 1. The number of aliphatic hydroxyl groups excluding tert-OH is 1. The van der Waals surface area contributed by atoms with Crippen molar-refractivity contribution < 1.29 is 19.4 Å². The average Bonchev–Trinajstić information content (AvgIpc) is 2.71. The summed E-state index contributed by atoms with van der Waals surface area (Å²) in [6.45, 7) is 0.186. The second kappa shape index (κ2) is 8.99. The Morgan fingerprint density at radius 3 is 2.21 bits per heavy atom. The molecule has 2 aromatic rings. The zero-order valence-corrected chi connectivity index (χ0v) is 16.2. The maximum Gasteiger partial charge on any atom is 0.253 e. The van der Waals surface area contributed by atoms with Crippen LogP contribution in [0.2, 0.25) is 0 Å². The summed E-state index contributed by atoms with van der Waals surface area (Å²) in [5.41, 5.74) is 1.66. The smallest absolute Gasteiger partial charge is 0.253 e. The number of carbonyl (C=O) groups is 2. The number of benzene rings is 2. The number of nitrogens with zero attached hydrogens (tertiary/aromatic N) is 2. The van der Waals surface area contributed by atoms with Gasteiger partial charge < -0.3 is 19.6 Å². The van der Waals surface area contributed by atoms with Crippen molar-refractivity contribution in [1.29, 1.82) is 0 Å². The SMILES string of the molecule is COCC(=O)N1[C@H](CO)[C@@H](c2ccccc2)[C@@H]1CN(C)C(=O)c1ccccc1. The molecule has 0 aliphatic carbocycles. The number of aliphatic hydroxyl groups is 1. The van der Waals surface area contributed by atoms with Crippen LogP contribution in [0.15, 0.2) is 60.7 Å². The highest BCUT2D eigenvalue weighted by molar-refractivity contribution is 5.94. The molecule has 1 fully saturated rings. The number of amides is 2. The van der Waals surface area contributed by atoms with E-state index in [4.69, 9.17) is 4.74 Å². The van der Waals surface area contributed by atoms with Gasteiger partial charge in [0.2, 0.25) is 5.91 Å². The second-order valence-electron chi connectivity index (χ2n) is 7.04. The molecule has 0 saturated carbocycles. The van der Waals surface area contributed by atoms with Crippen molar-refractivity contribution >= 4 is 11.8 Å². The van der Waals surface area contributed by atoms with Gasteiger partial charge in [0.25, 0.3) is 5.91 Å². The highest BCUT2D eigenvalue weighted by atomic mass is 16.5. The van der Waals surface area contributed by atoms with Gasteiger partial charge in [0.1, 0.15) is 6.61 Å². The fourth-order valence-corrected chi connectivity index (χ4v) is 4.00. The Morgan fingerprint density at radius 2 is 1.64 bits per heavy atom. The monoisotopic (exact) mass is 382 g/mol. The third kappa shape index (κ3) is 3.93. The molecule has 1 saturated heterocycles. The average molecular weight is 382 g/mol. The largest absolute Gasteiger partial charge is 0.394 e. The lowest BCUT2D eigenvalue weighted by atomic mass is 9.74. The van der Waals surface area contributed by atoms with Gasteiger partial charge in [-0.25, -0.2) is 0 Å². The normalized spacial score (nSPS) is 21.1. The minimum atomic E-state index is -0.324. The predicted molar refractivity (Wildman–Crippen MR) is 106 cm³/mol. The summed E-state index contributed by atoms with van der Waals surface area (Å²) >= 11 is 0. The zero-order valence-electron chi connectivity index (χ0n) is 16.2. The first-order valence-electron chi connectivity index (χ1n) is 9.35. The first kappa shape index (κ1) is 20.0. The third-order valence-corrected chi connectivity index (χ3v) is 5.30. The predicted octanol–water partition coefficient (Wildman–Crippen LogP) is 1.76. The lowest BCUT2D eigenvalue weighted by molar-refractivity contribution is -0.155. The number of methoxy groups -OCH3 is 1. The van der Waals surface area contributed by atoms with Gasteiger partial charge in [-0.1, -0.05) is 48.5 Å². The van der Waals surface area contributed by atoms with Crippen LogP contribution in [0.4, 0.5) is 0 Å². The highest BCUT2D eigenvalue weighted by Crippen LogP contribution is 2.41. The lowest BCUT2D eigenvalue weighted by Gasteiger charge is -2.55. The summed E-state index contributed by atoms with van der Waals surface area (Å²) in [6, 6.07) is 18.3. The minimum Gasteiger partial charge on any atom is -0.394 e. The molecule has 1 N–H and O–H groups in total. The lowest BCUT2D eigenvalue weighted by Crippen LogP contribution is -2.69. The van der Waals surface area contributed by atoms with E-state index >= 15 is 0 Å². The Kier molecular flexibility index (Phi) is 6.44. The summed E-state index contributed by atoms with van der Waals surface area (Å²) < 4.78 is 5.01. The molecule has 0 spiro atoms. The van der Waals surface area contributed by atoms with Gasteiger partial charge in [0.05, 0.1) is 18.7 Å². The number of carbonyl (C=O) groups excluding carboxylic acids is 2. The molecule has 0 aromatic heterocycles. The van der Waals surface area contributed by atoms with Crippen LogP contribution in [0.3, 0.4) is 0 Å². The molecule has 3 atom stereocenters. The van der Waals surface area contributed by atoms with Crippen LogP contribution in [0, 0.1) is 0 Å². The molecule has 6 nitrogen and oxygen atoms in total. The minimum absolute atomic E-state index is 0.0435. The van der Waals surface area contributed by atoms with Crippen molar-refractivity contribution in [1.82, 2.24) is 9.80 Å². The maximum atomic E-state index is 12.8. The van der Waals surface area contributed by atoms with Crippen LogP contribution in [0.1, 0.15) is 21.8 Å². The van der Waals surface area contributed by atoms with E-state index in [9.17, 15) is 14.7 Å². The Labute approximate surface area is 165 Å². The van der Waals surface area contributed by atoms with Gasteiger partial charge in [0.15, 0.2) is 0 Å². The maximum absolute atomic E-state index is 12.8. The van der Waals surface area contributed by atoms with E-state index in [2.05, 4.69) is 0 Å². The van der Waals surface area contributed by atoms with E-state index < -0.39 is 0 Å². The van der Waals surface area contributed by atoms with Crippen molar-refractivity contribution in [3.8, 4) is 0 Å². The van der Waals surface area contributed by atoms with Crippen LogP contribution < -0.4 is 0 Å². The molecule has 1 heterocycles. The summed E-state index contributed by atoms with van der Waals surface area (Å²) in [7, 11) is 3.21. The van der Waals surface area contributed by atoms with Crippen LogP contribution >= 0.6 is 0 Å². The molecule has 0 radical (unpaired) electrons. The van der Waals surface area contributed by atoms with Crippen molar-refractivity contribution in [3.63, 3.8) is 0 Å². The van der Waals surface area contributed by atoms with E-state index in [0.29, 0.717) is 12.1 Å². The van der Waals surface area contributed by atoms with E-state index in [1.165, 1.54) is 7.11 Å². The number of rotatable bonds is 7. The standard InChI is InChI=1S/C22H26N2O4/c1-23(22(27)17-11-7-4-8-12-17)13-18-21(16-9-5-3-6-10-16)19(14-25)24(18)20(26)15-28-2/h3-12,18-19,21,25H,13-15H2,1-2H3/t18-,19+,21-/m0/s1. The van der Waals surface area contributed by atoms with Gasteiger partial charge in [-0.05, 0) is 17.7 Å². The molecular weight excluding hydrogens is 356 g/mol. The quantitative estimate of drug-likeness (QED) is 0.792. The number of hydrogen-bond donors (Lipinski definition) is 1. The molecule has 2 aromatic carbocycles. The van der Waals surface area contributed by atoms with Crippen LogP contribution in [-0.4, -0.2) is 72.7 Å². The fraction of sp³-hybridized carbons (Fsp3) is 0.364. The van der Waals surface area contributed by atoms with E-state index in [1.54, 1.807) is 29.0 Å². The molecular formula is C22H26N2O4. The van der Waals surface area contributed by atoms with E-state index in [-0.39, 0.29) is 43.0 Å².